The number of benzene rings is 1. The first-order chi connectivity index (χ1) is 13.5. The Bertz CT molecular complexity index is 890. The summed E-state index contributed by atoms with van der Waals surface area (Å²) < 4.78 is 0. The number of rotatable bonds is 5. The summed E-state index contributed by atoms with van der Waals surface area (Å²) >= 11 is 0. The standard InChI is InChI=1S/C20H22N4O4/c25-17-6-5-16(18(26)22-17)24-19(27)14-4-1-11(7-15(14)20(24)28)10-23(12-2-3-12)13-8-21-9-13/h1,4,7,12-13,16,21H,2-3,5-6,8-10H2,(H,22,25,26). The number of carbonyl (C=O) groups is 4. The van der Waals surface area contributed by atoms with Crippen LogP contribution in [-0.2, 0) is 16.1 Å². The smallest absolute Gasteiger partial charge is 0.262 e. The Morgan fingerprint density at radius 1 is 0.964 bits per heavy atom. The van der Waals surface area contributed by atoms with Crippen molar-refractivity contribution in [3.05, 3.63) is 34.9 Å². The topological polar surface area (TPSA) is 98.8 Å². The van der Waals surface area contributed by atoms with Gasteiger partial charge in [-0.15, -0.1) is 0 Å². The van der Waals surface area contributed by atoms with Crippen LogP contribution in [0.5, 0.6) is 0 Å². The van der Waals surface area contributed by atoms with Crippen LogP contribution in [0.2, 0.25) is 0 Å². The maximum absolute atomic E-state index is 12.9. The van der Waals surface area contributed by atoms with E-state index < -0.39 is 23.8 Å². The molecule has 146 valence electrons. The Morgan fingerprint density at radius 2 is 1.71 bits per heavy atom. The maximum atomic E-state index is 12.9. The number of nitrogens with zero attached hydrogens (tertiary/aromatic N) is 2. The van der Waals surface area contributed by atoms with E-state index in [0.29, 0.717) is 23.2 Å². The van der Waals surface area contributed by atoms with Gasteiger partial charge >= 0.3 is 0 Å². The van der Waals surface area contributed by atoms with Crippen molar-refractivity contribution in [2.45, 2.75) is 50.4 Å². The maximum Gasteiger partial charge on any atom is 0.262 e. The summed E-state index contributed by atoms with van der Waals surface area (Å²) in [4.78, 5) is 52.7. The zero-order chi connectivity index (χ0) is 19.4. The minimum Gasteiger partial charge on any atom is -0.314 e. The number of carbonyl (C=O) groups excluding carboxylic acids is 4. The molecule has 4 amide bonds. The number of hydrogen-bond donors (Lipinski definition) is 2. The molecule has 1 aromatic rings. The second-order valence-electron chi connectivity index (χ2n) is 8.04. The second-order valence-corrected chi connectivity index (χ2v) is 8.04. The molecule has 3 aliphatic heterocycles. The number of hydrogen-bond acceptors (Lipinski definition) is 6. The number of fused-ring (bicyclic) bond motifs is 1. The average Bonchev–Trinajstić information content (AvgIpc) is 3.43. The third-order valence-electron chi connectivity index (χ3n) is 6.11. The quantitative estimate of drug-likeness (QED) is 0.697. The molecule has 8 nitrogen and oxygen atoms in total. The number of amides is 4. The summed E-state index contributed by atoms with van der Waals surface area (Å²) in [6.07, 6.45) is 2.72. The normalized spacial score (nSPS) is 25.2. The van der Waals surface area contributed by atoms with Crippen LogP contribution in [0.25, 0.3) is 0 Å². The molecule has 0 bridgehead atoms. The van der Waals surface area contributed by atoms with Crippen molar-refractivity contribution in [1.29, 1.82) is 0 Å². The molecule has 0 spiro atoms. The monoisotopic (exact) mass is 382 g/mol. The van der Waals surface area contributed by atoms with Crippen LogP contribution in [0, 0.1) is 0 Å². The molecule has 0 aromatic heterocycles. The van der Waals surface area contributed by atoms with E-state index >= 15 is 0 Å². The first-order valence-corrected chi connectivity index (χ1v) is 9.84. The zero-order valence-corrected chi connectivity index (χ0v) is 15.4. The minimum absolute atomic E-state index is 0.126. The predicted octanol–water partition coefficient (Wildman–Crippen LogP) is 0.0240. The Balaban J connectivity index is 1.38. The van der Waals surface area contributed by atoms with E-state index in [0.717, 1.165) is 30.1 Å². The fourth-order valence-corrected chi connectivity index (χ4v) is 4.30. The molecule has 3 heterocycles. The van der Waals surface area contributed by atoms with Gasteiger partial charge in [-0.2, -0.15) is 0 Å². The highest BCUT2D eigenvalue weighted by Crippen LogP contribution is 2.33. The van der Waals surface area contributed by atoms with Crippen molar-refractivity contribution < 1.29 is 19.2 Å². The third-order valence-corrected chi connectivity index (χ3v) is 6.11. The van der Waals surface area contributed by atoms with E-state index in [2.05, 4.69) is 15.5 Å². The lowest BCUT2D eigenvalue weighted by atomic mass is 10.0. The molecule has 1 atom stereocenters. The van der Waals surface area contributed by atoms with Crippen LogP contribution in [0.15, 0.2) is 18.2 Å². The second kappa shape index (κ2) is 6.49. The molecule has 1 saturated carbocycles. The van der Waals surface area contributed by atoms with Crippen LogP contribution >= 0.6 is 0 Å². The van der Waals surface area contributed by atoms with E-state index in [1.165, 1.54) is 12.8 Å². The summed E-state index contributed by atoms with van der Waals surface area (Å²) in [6, 6.07) is 5.61. The Hall–Kier alpha value is -2.58. The van der Waals surface area contributed by atoms with Gasteiger partial charge in [-0.05, 0) is 37.0 Å². The Kier molecular flexibility index (Phi) is 4.06. The lowest BCUT2D eigenvalue weighted by molar-refractivity contribution is -0.136. The molecular weight excluding hydrogens is 360 g/mol. The highest BCUT2D eigenvalue weighted by Gasteiger charge is 2.45. The fourth-order valence-electron chi connectivity index (χ4n) is 4.30. The molecule has 2 saturated heterocycles. The van der Waals surface area contributed by atoms with Crippen LogP contribution in [0.4, 0.5) is 0 Å². The van der Waals surface area contributed by atoms with Crippen molar-refractivity contribution in [1.82, 2.24) is 20.4 Å². The molecular formula is C20H22N4O4. The van der Waals surface area contributed by atoms with Crippen molar-refractivity contribution in [3.8, 4) is 0 Å². The van der Waals surface area contributed by atoms with E-state index in [1.807, 2.05) is 6.07 Å². The van der Waals surface area contributed by atoms with Gasteiger partial charge in [-0.25, -0.2) is 0 Å². The van der Waals surface area contributed by atoms with Crippen LogP contribution in [-0.4, -0.2) is 64.6 Å². The molecule has 1 unspecified atom stereocenters. The largest absolute Gasteiger partial charge is 0.314 e. The molecule has 3 fully saturated rings. The summed E-state index contributed by atoms with van der Waals surface area (Å²) in [7, 11) is 0. The lowest BCUT2D eigenvalue weighted by Gasteiger charge is -2.38. The molecule has 2 N–H and O–H groups in total. The summed E-state index contributed by atoms with van der Waals surface area (Å²) in [6.45, 7) is 2.73. The number of piperidine rings is 1. The Labute approximate surface area is 162 Å². The van der Waals surface area contributed by atoms with Crippen molar-refractivity contribution in [3.63, 3.8) is 0 Å². The fraction of sp³-hybridized carbons (Fsp3) is 0.500. The first kappa shape index (κ1) is 17.5. The highest BCUT2D eigenvalue weighted by molar-refractivity contribution is 6.23. The summed E-state index contributed by atoms with van der Waals surface area (Å²) in [5.74, 6) is -1.85. The van der Waals surface area contributed by atoms with Gasteiger partial charge in [0.1, 0.15) is 6.04 Å². The van der Waals surface area contributed by atoms with Crippen molar-refractivity contribution in [2.75, 3.05) is 13.1 Å². The minimum atomic E-state index is -0.919. The van der Waals surface area contributed by atoms with E-state index in [9.17, 15) is 19.2 Å². The van der Waals surface area contributed by atoms with E-state index in [1.54, 1.807) is 12.1 Å². The summed E-state index contributed by atoms with van der Waals surface area (Å²) in [5, 5.41) is 5.52. The van der Waals surface area contributed by atoms with Crippen molar-refractivity contribution >= 4 is 23.6 Å². The molecule has 4 aliphatic rings. The van der Waals surface area contributed by atoms with Gasteiger partial charge in [-0.1, -0.05) is 6.07 Å². The molecule has 1 aromatic carbocycles. The van der Waals surface area contributed by atoms with Gasteiger partial charge in [0, 0.05) is 38.1 Å². The molecule has 1 aliphatic carbocycles. The van der Waals surface area contributed by atoms with Crippen LogP contribution in [0.1, 0.15) is 52.0 Å². The van der Waals surface area contributed by atoms with Crippen LogP contribution < -0.4 is 10.6 Å². The summed E-state index contributed by atoms with van der Waals surface area (Å²) in [5.41, 5.74) is 1.69. The van der Waals surface area contributed by atoms with Gasteiger partial charge in [0.05, 0.1) is 11.1 Å². The van der Waals surface area contributed by atoms with Crippen molar-refractivity contribution in [2.24, 2.45) is 0 Å². The Morgan fingerprint density at radius 3 is 2.36 bits per heavy atom. The van der Waals surface area contributed by atoms with Crippen LogP contribution in [0.3, 0.4) is 0 Å². The van der Waals surface area contributed by atoms with E-state index in [4.69, 9.17) is 0 Å². The lowest BCUT2D eigenvalue weighted by Crippen LogP contribution is -2.57. The predicted molar refractivity (Wildman–Crippen MR) is 98.3 cm³/mol. The third kappa shape index (κ3) is 2.84. The number of imide groups is 2. The van der Waals surface area contributed by atoms with Gasteiger partial charge in [0.25, 0.3) is 11.8 Å². The molecule has 28 heavy (non-hydrogen) atoms. The molecule has 8 heteroatoms. The van der Waals surface area contributed by atoms with Gasteiger partial charge in [0.2, 0.25) is 11.8 Å². The first-order valence-electron chi connectivity index (χ1n) is 9.84. The zero-order valence-electron chi connectivity index (χ0n) is 15.4. The van der Waals surface area contributed by atoms with Gasteiger partial charge in [-0.3, -0.25) is 34.3 Å². The van der Waals surface area contributed by atoms with E-state index in [-0.39, 0.29) is 18.7 Å². The number of nitrogens with one attached hydrogen (secondary N) is 2. The average molecular weight is 382 g/mol. The van der Waals surface area contributed by atoms with Gasteiger partial charge < -0.3 is 5.32 Å². The molecule has 0 radical (unpaired) electrons. The van der Waals surface area contributed by atoms with Gasteiger partial charge in [0.15, 0.2) is 0 Å². The molecule has 5 rings (SSSR count). The highest BCUT2D eigenvalue weighted by atomic mass is 16.2. The SMILES string of the molecule is O=C1CCC(N2C(=O)c3ccc(CN(C4CC4)C4CNC4)cc3C2=O)C(=O)N1.